The highest BCUT2D eigenvalue weighted by Gasteiger charge is 2.05. The van der Waals surface area contributed by atoms with E-state index in [1.165, 1.54) is 5.56 Å². The Morgan fingerprint density at radius 3 is 2.40 bits per heavy atom. The van der Waals surface area contributed by atoms with E-state index in [0.717, 1.165) is 27.5 Å². The van der Waals surface area contributed by atoms with Gasteiger partial charge in [-0.1, -0.05) is 50.1 Å². The van der Waals surface area contributed by atoms with Gasteiger partial charge in [-0.15, -0.1) is 0 Å². The Morgan fingerprint density at radius 1 is 1.00 bits per heavy atom. The lowest BCUT2D eigenvalue weighted by molar-refractivity contribution is 0.297. The second-order valence-electron chi connectivity index (χ2n) is 4.69. The first-order valence-corrected chi connectivity index (χ1v) is 8.10. The van der Waals surface area contributed by atoms with Gasteiger partial charge in [-0.05, 0) is 48.7 Å². The molecular weight excluding hydrogens is 382 g/mol. The van der Waals surface area contributed by atoms with E-state index in [0.29, 0.717) is 6.61 Å². The molecule has 4 heteroatoms. The average molecular weight is 399 g/mol. The normalized spacial score (nSPS) is 12.2. The van der Waals surface area contributed by atoms with Gasteiger partial charge in [-0.25, -0.2) is 0 Å². The van der Waals surface area contributed by atoms with Gasteiger partial charge >= 0.3 is 0 Å². The van der Waals surface area contributed by atoms with Crippen molar-refractivity contribution >= 4 is 31.9 Å². The van der Waals surface area contributed by atoms with E-state index in [-0.39, 0.29) is 6.04 Å². The first-order valence-electron chi connectivity index (χ1n) is 6.52. The van der Waals surface area contributed by atoms with Gasteiger partial charge in [0.15, 0.2) is 0 Å². The molecule has 0 aromatic heterocycles. The van der Waals surface area contributed by atoms with Gasteiger partial charge in [-0.3, -0.25) is 0 Å². The molecule has 0 saturated carbocycles. The summed E-state index contributed by atoms with van der Waals surface area (Å²) in [6, 6.07) is 16.2. The van der Waals surface area contributed by atoms with Crippen LogP contribution in [0.2, 0.25) is 0 Å². The molecule has 0 fully saturated rings. The Balaban J connectivity index is 1.76. The van der Waals surface area contributed by atoms with Gasteiger partial charge in [0.2, 0.25) is 0 Å². The first kappa shape index (κ1) is 15.5. The zero-order valence-corrected chi connectivity index (χ0v) is 14.2. The van der Waals surface area contributed by atoms with Crippen LogP contribution in [0, 0.1) is 0 Å². The third kappa shape index (κ3) is 5.27. The molecule has 2 nitrogen and oxygen atoms in total. The molecule has 2 aromatic rings. The highest BCUT2D eigenvalue weighted by atomic mass is 79.9. The largest absolute Gasteiger partial charge is 0.493 e. The van der Waals surface area contributed by atoms with Gasteiger partial charge in [0.25, 0.3) is 0 Å². The summed E-state index contributed by atoms with van der Waals surface area (Å²) >= 11 is 6.90. The molecule has 2 aromatic carbocycles. The van der Waals surface area contributed by atoms with E-state index >= 15 is 0 Å². The van der Waals surface area contributed by atoms with Crippen molar-refractivity contribution < 1.29 is 4.74 Å². The van der Waals surface area contributed by atoms with Crippen LogP contribution in [0.15, 0.2) is 57.5 Å². The number of hydrogen-bond donors (Lipinski definition) is 1. The van der Waals surface area contributed by atoms with Crippen LogP contribution < -0.4 is 10.5 Å². The Bertz CT molecular complexity index is 560. The van der Waals surface area contributed by atoms with Crippen molar-refractivity contribution in [1.29, 1.82) is 0 Å². The standard InChI is InChI=1S/C16H17Br2NO/c17-13-4-1-3-12(9-13)10-15(19)7-8-20-16-6-2-5-14(18)11-16/h1-6,9,11,15H,7-8,10,19H2. The number of halogens is 2. The minimum Gasteiger partial charge on any atom is -0.493 e. The lowest BCUT2D eigenvalue weighted by Gasteiger charge is -2.13. The molecule has 1 atom stereocenters. The SMILES string of the molecule is NC(CCOc1cccc(Br)c1)Cc1cccc(Br)c1. The molecule has 20 heavy (non-hydrogen) atoms. The molecule has 0 saturated heterocycles. The van der Waals surface area contributed by atoms with Crippen molar-refractivity contribution in [3.8, 4) is 5.75 Å². The van der Waals surface area contributed by atoms with Crippen molar-refractivity contribution in [1.82, 2.24) is 0 Å². The van der Waals surface area contributed by atoms with Crippen LogP contribution in [-0.2, 0) is 6.42 Å². The van der Waals surface area contributed by atoms with Crippen molar-refractivity contribution in [2.45, 2.75) is 18.9 Å². The molecule has 1 unspecified atom stereocenters. The molecule has 2 N–H and O–H groups in total. The Morgan fingerprint density at radius 2 is 1.70 bits per heavy atom. The molecule has 0 radical (unpaired) electrons. The quantitative estimate of drug-likeness (QED) is 0.774. The minimum absolute atomic E-state index is 0.108. The third-order valence-corrected chi connectivity index (χ3v) is 3.93. The second-order valence-corrected chi connectivity index (χ2v) is 6.52. The van der Waals surface area contributed by atoms with Crippen LogP contribution in [0.4, 0.5) is 0 Å². The van der Waals surface area contributed by atoms with Crippen LogP contribution in [0.5, 0.6) is 5.75 Å². The predicted octanol–water partition coefficient (Wildman–Crippen LogP) is 4.55. The summed E-state index contributed by atoms with van der Waals surface area (Å²) in [7, 11) is 0. The molecule has 106 valence electrons. The smallest absolute Gasteiger partial charge is 0.120 e. The van der Waals surface area contributed by atoms with Crippen LogP contribution in [0.1, 0.15) is 12.0 Å². The number of rotatable bonds is 6. The summed E-state index contributed by atoms with van der Waals surface area (Å²) in [5.74, 6) is 0.869. The topological polar surface area (TPSA) is 35.2 Å². The summed E-state index contributed by atoms with van der Waals surface area (Å²) in [5.41, 5.74) is 7.39. The van der Waals surface area contributed by atoms with Gasteiger partial charge in [0.1, 0.15) is 5.75 Å². The lowest BCUT2D eigenvalue weighted by atomic mass is 10.0. The molecule has 0 aliphatic heterocycles. The highest BCUT2D eigenvalue weighted by molar-refractivity contribution is 9.10. The van der Waals surface area contributed by atoms with Crippen molar-refractivity contribution in [2.24, 2.45) is 5.73 Å². The van der Waals surface area contributed by atoms with Crippen LogP contribution in [-0.4, -0.2) is 12.6 Å². The van der Waals surface area contributed by atoms with E-state index in [1.807, 2.05) is 36.4 Å². The second kappa shape index (κ2) is 7.81. The molecule has 0 aliphatic carbocycles. The summed E-state index contributed by atoms with van der Waals surface area (Å²) in [6.07, 6.45) is 1.69. The van der Waals surface area contributed by atoms with Crippen LogP contribution in [0.25, 0.3) is 0 Å². The lowest BCUT2D eigenvalue weighted by Crippen LogP contribution is -2.25. The molecule has 0 bridgehead atoms. The fourth-order valence-electron chi connectivity index (χ4n) is 1.95. The van der Waals surface area contributed by atoms with Crippen LogP contribution in [0.3, 0.4) is 0 Å². The highest BCUT2D eigenvalue weighted by Crippen LogP contribution is 2.18. The van der Waals surface area contributed by atoms with E-state index < -0.39 is 0 Å². The summed E-state index contributed by atoms with van der Waals surface area (Å²) in [4.78, 5) is 0. The zero-order valence-electron chi connectivity index (χ0n) is 11.1. The van der Waals surface area contributed by atoms with E-state index in [9.17, 15) is 0 Å². The van der Waals surface area contributed by atoms with E-state index in [4.69, 9.17) is 10.5 Å². The van der Waals surface area contributed by atoms with Gasteiger partial charge in [-0.2, -0.15) is 0 Å². The van der Waals surface area contributed by atoms with Gasteiger partial charge in [0.05, 0.1) is 6.61 Å². The van der Waals surface area contributed by atoms with Crippen molar-refractivity contribution in [3.63, 3.8) is 0 Å². The summed E-state index contributed by atoms with van der Waals surface area (Å²) < 4.78 is 7.81. The number of hydrogen-bond acceptors (Lipinski definition) is 2. The zero-order chi connectivity index (χ0) is 14.4. The van der Waals surface area contributed by atoms with Gasteiger partial charge < -0.3 is 10.5 Å². The number of nitrogens with two attached hydrogens (primary N) is 1. The van der Waals surface area contributed by atoms with Crippen LogP contribution >= 0.6 is 31.9 Å². The molecule has 2 rings (SSSR count). The minimum atomic E-state index is 0.108. The molecular formula is C16H17Br2NO. The fourth-order valence-corrected chi connectivity index (χ4v) is 2.78. The Labute approximate surface area is 136 Å². The molecule has 0 heterocycles. The fraction of sp³-hybridized carbons (Fsp3) is 0.250. The summed E-state index contributed by atoms with van der Waals surface area (Å²) in [5, 5.41) is 0. The third-order valence-electron chi connectivity index (χ3n) is 2.94. The Hall–Kier alpha value is -0.840. The number of ether oxygens (including phenoxy) is 1. The maximum absolute atomic E-state index is 6.15. The Kier molecular flexibility index (Phi) is 6.07. The maximum Gasteiger partial charge on any atom is 0.120 e. The van der Waals surface area contributed by atoms with Crippen molar-refractivity contribution in [2.75, 3.05) is 6.61 Å². The molecule has 0 amide bonds. The van der Waals surface area contributed by atoms with Crippen molar-refractivity contribution in [3.05, 3.63) is 63.0 Å². The maximum atomic E-state index is 6.15. The first-order chi connectivity index (χ1) is 9.63. The average Bonchev–Trinajstić information content (AvgIpc) is 2.38. The molecule has 0 aliphatic rings. The van der Waals surface area contributed by atoms with Gasteiger partial charge in [0, 0.05) is 15.0 Å². The summed E-state index contributed by atoms with van der Waals surface area (Å²) in [6.45, 7) is 0.631. The monoisotopic (exact) mass is 397 g/mol. The van der Waals surface area contributed by atoms with E-state index in [1.54, 1.807) is 0 Å². The number of benzene rings is 2. The van der Waals surface area contributed by atoms with E-state index in [2.05, 4.69) is 44.0 Å². The predicted molar refractivity (Wildman–Crippen MR) is 90.1 cm³/mol. The molecule has 0 spiro atoms.